The predicted molar refractivity (Wildman–Crippen MR) is 119 cm³/mol. The molecule has 1 amide bonds. The number of hydrogen-bond acceptors (Lipinski definition) is 4. The third kappa shape index (κ3) is 4.71. The van der Waals surface area contributed by atoms with Crippen LogP contribution in [-0.4, -0.2) is 79.3 Å². The van der Waals surface area contributed by atoms with Crippen molar-refractivity contribution < 1.29 is 9.18 Å². The standard InChI is InChI=1S/C24H43FN4O/c1-15-8-9-20(25)19-13-21(27-23(15)19)24(30)26-17-6-5-7-18(12-17)29-11-10-22(28(3)4)16(2)14-29/h15-23,27H,5-14H2,1-4H3,(H,26,30). The molecule has 9 unspecified atom stereocenters. The van der Waals surface area contributed by atoms with Crippen LogP contribution in [0.1, 0.15) is 65.2 Å². The van der Waals surface area contributed by atoms with Crippen molar-refractivity contribution in [3.8, 4) is 0 Å². The van der Waals surface area contributed by atoms with Crippen LogP contribution in [0.15, 0.2) is 0 Å². The van der Waals surface area contributed by atoms with E-state index < -0.39 is 6.17 Å². The molecular formula is C24H43FN4O. The van der Waals surface area contributed by atoms with Crippen molar-refractivity contribution in [2.24, 2.45) is 17.8 Å². The summed E-state index contributed by atoms with van der Waals surface area (Å²) in [7, 11) is 4.39. The largest absolute Gasteiger partial charge is 0.352 e. The van der Waals surface area contributed by atoms with Crippen molar-refractivity contribution in [3.05, 3.63) is 0 Å². The molecule has 172 valence electrons. The number of carbonyl (C=O) groups excluding carboxylic acids is 1. The number of fused-ring (bicyclic) bond motifs is 1. The SMILES string of the molecule is CC1CCC(F)C2CC(C(=O)NC3CCCC(N4CCC(N(C)C)C(C)C4)C3)NC12. The van der Waals surface area contributed by atoms with Crippen molar-refractivity contribution in [2.45, 2.75) is 102 Å². The fourth-order valence-corrected chi connectivity index (χ4v) is 6.99. The average molecular weight is 423 g/mol. The molecule has 0 aromatic heterocycles. The summed E-state index contributed by atoms with van der Waals surface area (Å²) in [5, 5.41) is 6.84. The third-order valence-corrected chi connectivity index (χ3v) is 8.72. The average Bonchev–Trinajstić information content (AvgIpc) is 3.18. The van der Waals surface area contributed by atoms with E-state index in [1.54, 1.807) is 0 Å². The van der Waals surface area contributed by atoms with Gasteiger partial charge in [-0.3, -0.25) is 9.69 Å². The number of nitrogens with one attached hydrogen (secondary N) is 2. The van der Waals surface area contributed by atoms with Crippen LogP contribution in [0.5, 0.6) is 0 Å². The van der Waals surface area contributed by atoms with Gasteiger partial charge in [0, 0.05) is 36.6 Å². The first kappa shape index (κ1) is 22.5. The molecule has 4 fully saturated rings. The van der Waals surface area contributed by atoms with E-state index in [-0.39, 0.29) is 30.0 Å². The van der Waals surface area contributed by atoms with Gasteiger partial charge in [-0.2, -0.15) is 0 Å². The van der Waals surface area contributed by atoms with Crippen molar-refractivity contribution in [2.75, 3.05) is 27.2 Å². The van der Waals surface area contributed by atoms with Crippen LogP contribution in [0.25, 0.3) is 0 Å². The van der Waals surface area contributed by atoms with Gasteiger partial charge < -0.3 is 15.5 Å². The van der Waals surface area contributed by atoms with E-state index in [0.29, 0.717) is 36.8 Å². The number of likely N-dealkylation sites (tertiary alicyclic amines) is 1. The van der Waals surface area contributed by atoms with Gasteiger partial charge in [-0.05, 0) is 83.8 Å². The molecule has 0 aromatic carbocycles. The first-order chi connectivity index (χ1) is 14.3. The Morgan fingerprint density at radius 3 is 2.57 bits per heavy atom. The molecule has 2 aliphatic carbocycles. The summed E-state index contributed by atoms with van der Waals surface area (Å²) >= 11 is 0. The van der Waals surface area contributed by atoms with Crippen LogP contribution >= 0.6 is 0 Å². The number of amides is 1. The minimum Gasteiger partial charge on any atom is -0.352 e. The number of carbonyl (C=O) groups is 1. The lowest BCUT2D eigenvalue weighted by Gasteiger charge is -2.45. The Bertz CT molecular complexity index is 584. The van der Waals surface area contributed by atoms with Crippen LogP contribution in [0.2, 0.25) is 0 Å². The van der Waals surface area contributed by atoms with E-state index >= 15 is 0 Å². The Labute approximate surface area is 182 Å². The highest BCUT2D eigenvalue weighted by Gasteiger charge is 2.46. The molecule has 4 rings (SSSR count). The summed E-state index contributed by atoms with van der Waals surface area (Å²) in [5.41, 5.74) is 0. The maximum Gasteiger partial charge on any atom is 0.237 e. The summed E-state index contributed by atoms with van der Waals surface area (Å²) in [6.45, 7) is 6.91. The fourth-order valence-electron chi connectivity index (χ4n) is 6.99. The lowest BCUT2D eigenvalue weighted by atomic mass is 9.77. The first-order valence-corrected chi connectivity index (χ1v) is 12.4. The monoisotopic (exact) mass is 422 g/mol. The Morgan fingerprint density at radius 1 is 1.07 bits per heavy atom. The van der Waals surface area contributed by atoms with Gasteiger partial charge in [0.25, 0.3) is 0 Å². The molecule has 9 atom stereocenters. The second-order valence-corrected chi connectivity index (χ2v) is 11.0. The summed E-state index contributed by atoms with van der Waals surface area (Å²) in [6.07, 6.45) is 7.31. The van der Waals surface area contributed by atoms with Gasteiger partial charge in [0.05, 0.1) is 6.04 Å². The summed E-state index contributed by atoms with van der Waals surface area (Å²) < 4.78 is 14.4. The Kier molecular flexibility index (Phi) is 7.05. The van der Waals surface area contributed by atoms with Gasteiger partial charge in [-0.1, -0.05) is 13.8 Å². The van der Waals surface area contributed by atoms with Gasteiger partial charge in [0.1, 0.15) is 6.17 Å². The fraction of sp³-hybridized carbons (Fsp3) is 0.958. The molecule has 2 heterocycles. The highest BCUT2D eigenvalue weighted by atomic mass is 19.1. The highest BCUT2D eigenvalue weighted by molar-refractivity contribution is 5.82. The molecule has 4 aliphatic rings. The normalized spacial score (nSPS) is 45.3. The number of nitrogens with zero attached hydrogens (tertiary/aromatic N) is 2. The van der Waals surface area contributed by atoms with Crippen LogP contribution < -0.4 is 10.6 Å². The van der Waals surface area contributed by atoms with Crippen molar-refractivity contribution in [1.29, 1.82) is 0 Å². The van der Waals surface area contributed by atoms with Crippen LogP contribution in [0.3, 0.4) is 0 Å². The lowest BCUT2D eigenvalue weighted by molar-refractivity contribution is -0.124. The number of halogens is 1. The Hall–Kier alpha value is -0.720. The van der Waals surface area contributed by atoms with E-state index in [1.807, 2.05) is 0 Å². The molecule has 6 heteroatoms. The van der Waals surface area contributed by atoms with Crippen molar-refractivity contribution in [3.63, 3.8) is 0 Å². The molecular weight excluding hydrogens is 379 g/mol. The molecule has 0 spiro atoms. The van der Waals surface area contributed by atoms with Crippen LogP contribution in [0.4, 0.5) is 4.39 Å². The summed E-state index contributed by atoms with van der Waals surface area (Å²) in [4.78, 5) is 18.1. The van der Waals surface area contributed by atoms with Gasteiger partial charge in [-0.25, -0.2) is 4.39 Å². The quantitative estimate of drug-likeness (QED) is 0.731. The summed E-state index contributed by atoms with van der Waals surface area (Å²) in [5.74, 6) is 1.27. The zero-order valence-corrected chi connectivity index (χ0v) is 19.4. The van der Waals surface area contributed by atoms with E-state index in [1.165, 1.54) is 25.8 Å². The minimum absolute atomic E-state index is 0.0167. The molecule has 0 aromatic rings. The number of hydrogen-bond donors (Lipinski definition) is 2. The lowest BCUT2D eigenvalue weighted by Crippen LogP contribution is -2.54. The van der Waals surface area contributed by atoms with E-state index in [4.69, 9.17) is 0 Å². The third-order valence-electron chi connectivity index (χ3n) is 8.72. The number of alkyl halides is 1. The zero-order valence-electron chi connectivity index (χ0n) is 19.4. The second kappa shape index (κ2) is 9.41. The maximum atomic E-state index is 14.4. The first-order valence-electron chi connectivity index (χ1n) is 12.4. The Balaban J connectivity index is 1.29. The number of piperidine rings is 1. The Morgan fingerprint density at radius 2 is 1.87 bits per heavy atom. The molecule has 2 saturated carbocycles. The molecule has 2 aliphatic heterocycles. The van der Waals surface area contributed by atoms with E-state index in [9.17, 15) is 9.18 Å². The zero-order chi connectivity index (χ0) is 21.4. The minimum atomic E-state index is -0.748. The van der Waals surface area contributed by atoms with E-state index in [2.05, 4.69) is 48.4 Å². The van der Waals surface area contributed by atoms with Crippen molar-refractivity contribution >= 4 is 5.91 Å². The molecule has 0 radical (unpaired) electrons. The smallest absolute Gasteiger partial charge is 0.237 e. The van der Waals surface area contributed by atoms with Gasteiger partial charge in [0.2, 0.25) is 5.91 Å². The second-order valence-electron chi connectivity index (χ2n) is 11.0. The van der Waals surface area contributed by atoms with E-state index in [0.717, 1.165) is 25.8 Å². The van der Waals surface area contributed by atoms with Crippen molar-refractivity contribution in [1.82, 2.24) is 20.4 Å². The molecule has 0 bridgehead atoms. The number of rotatable bonds is 4. The van der Waals surface area contributed by atoms with Gasteiger partial charge in [0.15, 0.2) is 0 Å². The maximum absolute atomic E-state index is 14.4. The molecule has 2 N–H and O–H groups in total. The predicted octanol–water partition coefficient (Wildman–Crippen LogP) is 2.80. The molecule has 5 nitrogen and oxygen atoms in total. The molecule has 2 saturated heterocycles. The topological polar surface area (TPSA) is 47.6 Å². The van der Waals surface area contributed by atoms with Gasteiger partial charge >= 0.3 is 0 Å². The van der Waals surface area contributed by atoms with Crippen LogP contribution in [-0.2, 0) is 4.79 Å². The molecule has 30 heavy (non-hydrogen) atoms. The summed E-state index contributed by atoms with van der Waals surface area (Å²) in [6, 6.07) is 1.49. The highest BCUT2D eigenvalue weighted by Crippen LogP contribution is 2.38. The van der Waals surface area contributed by atoms with Gasteiger partial charge in [-0.15, -0.1) is 0 Å². The van der Waals surface area contributed by atoms with Crippen LogP contribution in [0, 0.1) is 17.8 Å².